The van der Waals surface area contributed by atoms with E-state index in [9.17, 15) is 0 Å². The Morgan fingerprint density at radius 2 is 1.94 bits per heavy atom. The van der Waals surface area contributed by atoms with Gasteiger partial charge in [-0.05, 0) is 12.1 Å². The summed E-state index contributed by atoms with van der Waals surface area (Å²) >= 11 is 1.07. The molecule has 6 nitrogen and oxygen atoms in total. The van der Waals surface area contributed by atoms with Crippen molar-refractivity contribution in [1.82, 2.24) is 23.7 Å². The van der Waals surface area contributed by atoms with Crippen LogP contribution in [0.25, 0.3) is 17.1 Å². The average Bonchev–Trinajstić information content (AvgIpc) is 2.98. The number of nitrogens with zero attached hydrogens (tertiary/aromatic N) is 5. The number of hydrogen-bond acceptors (Lipinski definition) is 6. The van der Waals surface area contributed by atoms with Gasteiger partial charge in [0, 0.05) is 0 Å². The van der Waals surface area contributed by atoms with Gasteiger partial charge in [0.25, 0.3) is 0 Å². The Kier molecular flexibility index (Phi) is 2.30. The first-order chi connectivity index (χ1) is 8.36. The molecule has 0 atom stereocenters. The average molecular weight is 244 g/mol. The highest BCUT2D eigenvalue weighted by Gasteiger charge is 2.14. The predicted octanol–water partition coefficient (Wildman–Crippen LogP) is 1.37. The molecule has 0 aliphatic carbocycles. The Bertz CT molecular complexity index is 629. The fourth-order valence-electron chi connectivity index (χ4n) is 1.53. The van der Waals surface area contributed by atoms with Gasteiger partial charge in [-0.2, -0.15) is 8.75 Å². The summed E-state index contributed by atoms with van der Waals surface area (Å²) < 4.78 is 9.78. The summed E-state index contributed by atoms with van der Waals surface area (Å²) in [4.78, 5) is 0. The van der Waals surface area contributed by atoms with E-state index in [2.05, 4.69) is 19.1 Å². The number of hydrogen-bond donors (Lipinski definition) is 1. The lowest BCUT2D eigenvalue weighted by molar-refractivity contribution is 0.807. The number of aromatic nitrogens is 5. The van der Waals surface area contributed by atoms with Gasteiger partial charge in [-0.3, -0.25) is 0 Å². The first kappa shape index (κ1) is 9.91. The Morgan fingerprint density at radius 3 is 2.65 bits per heavy atom. The second-order valence-corrected chi connectivity index (χ2v) is 3.89. The standard InChI is InChI=1S/C10H8N6S/c11-10-9(13-17-14-10)8-6-12-15-16(8)7-4-2-1-3-5-7/h1-6H,(H2,11,14). The van der Waals surface area contributed by atoms with E-state index < -0.39 is 0 Å². The number of rotatable bonds is 2. The number of anilines is 1. The van der Waals surface area contributed by atoms with E-state index in [4.69, 9.17) is 5.73 Å². The van der Waals surface area contributed by atoms with Crippen LogP contribution in [-0.2, 0) is 0 Å². The van der Waals surface area contributed by atoms with E-state index in [0.717, 1.165) is 23.1 Å². The maximum absolute atomic E-state index is 5.75. The SMILES string of the molecule is Nc1nsnc1-c1cnnn1-c1ccccc1. The molecule has 0 spiro atoms. The summed E-state index contributed by atoms with van der Waals surface area (Å²) in [5.74, 6) is 0.398. The van der Waals surface area contributed by atoms with Gasteiger partial charge in [0.15, 0.2) is 5.82 Å². The number of benzene rings is 1. The molecule has 0 bridgehead atoms. The van der Waals surface area contributed by atoms with Gasteiger partial charge in [-0.15, -0.1) is 5.10 Å². The maximum atomic E-state index is 5.75. The third kappa shape index (κ3) is 1.66. The smallest absolute Gasteiger partial charge is 0.167 e. The molecule has 2 N–H and O–H groups in total. The molecule has 2 heterocycles. The molecule has 3 rings (SSSR count). The fourth-order valence-corrected chi connectivity index (χ4v) is 2.01. The molecule has 0 aliphatic rings. The van der Waals surface area contributed by atoms with Gasteiger partial charge >= 0.3 is 0 Å². The van der Waals surface area contributed by atoms with Crippen molar-refractivity contribution >= 4 is 17.5 Å². The highest BCUT2D eigenvalue weighted by atomic mass is 32.1. The highest BCUT2D eigenvalue weighted by molar-refractivity contribution is 6.99. The van der Waals surface area contributed by atoms with E-state index in [1.807, 2.05) is 30.3 Å². The summed E-state index contributed by atoms with van der Waals surface area (Å²) in [6.07, 6.45) is 1.63. The van der Waals surface area contributed by atoms with Crippen molar-refractivity contribution in [3.63, 3.8) is 0 Å². The Balaban J connectivity index is 2.16. The second kappa shape index (κ2) is 3.95. The molecule has 3 aromatic rings. The molecular weight excluding hydrogens is 236 g/mol. The van der Waals surface area contributed by atoms with Gasteiger partial charge in [0.1, 0.15) is 11.4 Å². The molecule has 0 aliphatic heterocycles. The lowest BCUT2D eigenvalue weighted by atomic mass is 10.3. The zero-order valence-corrected chi connectivity index (χ0v) is 9.50. The first-order valence-corrected chi connectivity index (χ1v) is 5.64. The van der Waals surface area contributed by atoms with Crippen LogP contribution in [0.15, 0.2) is 36.5 Å². The molecule has 0 saturated carbocycles. The van der Waals surface area contributed by atoms with Crippen LogP contribution in [0.3, 0.4) is 0 Å². The first-order valence-electron chi connectivity index (χ1n) is 4.91. The van der Waals surface area contributed by atoms with Crippen molar-refractivity contribution in [3.8, 4) is 17.1 Å². The molecule has 0 saturated heterocycles. The van der Waals surface area contributed by atoms with E-state index in [0.29, 0.717) is 11.5 Å². The molecule has 84 valence electrons. The summed E-state index contributed by atoms with van der Waals surface area (Å²) in [5.41, 5.74) is 8.01. The molecule has 0 fully saturated rings. The third-order valence-electron chi connectivity index (χ3n) is 2.31. The van der Waals surface area contributed by atoms with Crippen LogP contribution in [-0.4, -0.2) is 23.7 Å². The quantitative estimate of drug-likeness (QED) is 0.736. The summed E-state index contributed by atoms with van der Waals surface area (Å²) in [7, 11) is 0. The lowest BCUT2D eigenvalue weighted by Gasteiger charge is -2.03. The topological polar surface area (TPSA) is 82.5 Å². The van der Waals surface area contributed by atoms with Crippen LogP contribution in [0.4, 0.5) is 5.82 Å². The van der Waals surface area contributed by atoms with Crippen LogP contribution in [0, 0.1) is 0 Å². The van der Waals surface area contributed by atoms with Gasteiger partial charge in [0.2, 0.25) is 0 Å². The number of para-hydroxylation sites is 1. The van der Waals surface area contributed by atoms with Crippen molar-refractivity contribution in [2.75, 3.05) is 5.73 Å². The van der Waals surface area contributed by atoms with Crippen molar-refractivity contribution < 1.29 is 0 Å². The summed E-state index contributed by atoms with van der Waals surface area (Å²) in [6, 6.07) is 9.69. The van der Waals surface area contributed by atoms with E-state index in [1.54, 1.807) is 10.9 Å². The molecule has 2 aromatic heterocycles. The normalized spacial score (nSPS) is 10.6. The lowest BCUT2D eigenvalue weighted by Crippen LogP contribution is -2.00. The van der Waals surface area contributed by atoms with E-state index in [1.165, 1.54) is 0 Å². The van der Waals surface area contributed by atoms with Crippen LogP contribution in [0.2, 0.25) is 0 Å². The van der Waals surface area contributed by atoms with Gasteiger partial charge < -0.3 is 5.73 Å². The zero-order chi connectivity index (χ0) is 11.7. The molecule has 7 heteroatoms. The molecular formula is C10H8N6S. The van der Waals surface area contributed by atoms with E-state index in [-0.39, 0.29) is 0 Å². The number of nitrogen functional groups attached to an aromatic ring is 1. The zero-order valence-electron chi connectivity index (χ0n) is 8.69. The van der Waals surface area contributed by atoms with Crippen molar-refractivity contribution in [2.45, 2.75) is 0 Å². The van der Waals surface area contributed by atoms with Gasteiger partial charge in [0.05, 0.1) is 23.6 Å². The van der Waals surface area contributed by atoms with Crippen molar-refractivity contribution in [2.24, 2.45) is 0 Å². The van der Waals surface area contributed by atoms with Crippen LogP contribution in [0.5, 0.6) is 0 Å². The van der Waals surface area contributed by atoms with Crippen LogP contribution < -0.4 is 5.73 Å². The van der Waals surface area contributed by atoms with Crippen LogP contribution >= 0.6 is 11.7 Å². The third-order valence-corrected chi connectivity index (χ3v) is 2.85. The molecule has 1 aromatic carbocycles. The van der Waals surface area contributed by atoms with Crippen molar-refractivity contribution in [1.29, 1.82) is 0 Å². The largest absolute Gasteiger partial charge is 0.381 e. The second-order valence-electron chi connectivity index (χ2n) is 3.36. The molecule has 17 heavy (non-hydrogen) atoms. The molecule has 0 radical (unpaired) electrons. The minimum atomic E-state index is 0.398. The maximum Gasteiger partial charge on any atom is 0.167 e. The minimum absolute atomic E-state index is 0.398. The predicted molar refractivity (Wildman–Crippen MR) is 64.7 cm³/mol. The number of nitrogens with two attached hydrogens (primary N) is 1. The summed E-state index contributed by atoms with van der Waals surface area (Å²) in [6.45, 7) is 0. The Morgan fingerprint density at radius 1 is 1.12 bits per heavy atom. The van der Waals surface area contributed by atoms with Crippen molar-refractivity contribution in [3.05, 3.63) is 36.5 Å². The van der Waals surface area contributed by atoms with Crippen LogP contribution in [0.1, 0.15) is 0 Å². The monoisotopic (exact) mass is 244 g/mol. The fraction of sp³-hybridized carbons (Fsp3) is 0. The summed E-state index contributed by atoms with van der Waals surface area (Å²) in [5, 5.41) is 7.92. The van der Waals surface area contributed by atoms with E-state index >= 15 is 0 Å². The van der Waals surface area contributed by atoms with Gasteiger partial charge in [-0.25, -0.2) is 4.68 Å². The Hall–Kier alpha value is -2.28. The highest BCUT2D eigenvalue weighted by Crippen LogP contribution is 2.24. The molecule has 0 amide bonds. The Labute approximate surface area is 101 Å². The molecule has 0 unspecified atom stereocenters. The minimum Gasteiger partial charge on any atom is -0.381 e. The van der Waals surface area contributed by atoms with Gasteiger partial charge in [-0.1, -0.05) is 23.4 Å².